The topological polar surface area (TPSA) is 112 Å². The summed E-state index contributed by atoms with van der Waals surface area (Å²) < 4.78 is 32.1. The third-order valence-corrected chi connectivity index (χ3v) is 4.15. The molecular weight excluding hydrogens is 320 g/mol. The molecule has 0 saturated heterocycles. The first-order chi connectivity index (χ1) is 10.8. The lowest BCUT2D eigenvalue weighted by molar-refractivity contribution is -0.222. The van der Waals surface area contributed by atoms with E-state index in [1.165, 1.54) is 36.6 Å². The lowest BCUT2D eigenvalue weighted by atomic mass is 10.2. The van der Waals surface area contributed by atoms with Gasteiger partial charge in [0.05, 0.1) is 11.2 Å². The minimum absolute atomic E-state index is 0.123. The number of anilines is 1. The fourth-order valence-electron chi connectivity index (χ4n) is 1.59. The molecule has 0 radical (unpaired) electrons. The lowest BCUT2D eigenvalue weighted by Crippen LogP contribution is -2.25. The molecule has 0 aliphatic heterocycles. The normalized spacial score (nSPS) is 12.4. The molecule has 0 saturated carbocycles. The van der Waals surface area contributed by atoms with Crippen LogP contribution in [0.4, 0.5) is 5.69 Å². The van der Waals surface area contributed by atoms with E-state index in [0.717, 1.165) is 0 Å². The van der Waals surface area contributed by atoms with Crippen molar-refractivity contribution in [2.45, 2.75) is 18.7 Å². The fourth-order valence-corrected chi connectivity index (χ4v) is 2.62. The summed E-state index contributed by atoms with van der Waals surface area (Å²) in [6.07, 6.45) is 1.37. The van der Waals surface area contributed by atoms with E-state index in [2.05, 4.69) is 9.71 Å². The average molecular weight is 335 g/mol. The van der Waals surface area contributed by atoms with Crippen LogP contribution in [0.2, 0.25) is 0 Å². The standard InChI is InChI=1S/C15H16N2O5S/c1-10(2)14(18)17-23(20,21)12-7-5-11(6-8-12)16-15(19)13-4-3-9-22-13/h3-10H,1-2H3,(H,16,19)(H,17,18)/p-1. The van der Waals surface area contributed by atoms with Gasteiger partial charge in [-0.3, -0.25) is 4.79 Å². The van der Waals surface area contributed by atoms with Crippen LogP contribution < -0.4 is 10.4 Å². The summed E-state index contributed by atoms with van der Waals surface area (Å²) in [5.41, 5.74) is 0.389. The number of benzene rings is 1. The van der Waals surface area contributed by atoms with Crippen LogP contribution in [-0.4, -0.2) is 20.2 Å². The second kappa shape index (κ2) is 6.66. The first kappa shape index (κ1) is 16.8. The van der Waals surface area contributed by atoms with Gasteiger partial charge in [-0.15, -0.1) is 0 Å². The number of carbonyl (C=O) groups excluding carboxylic acids is 1. The Morgan fingerprint density at radius 3 is 2.39 bits per heavy atom. The minimum Gasteiger partial charge on any atom is -0.861 e. The van der Waals surface area contributed by atoms with Crippen molar-refractivity contribution in [3.63, 3.8) is 0 Å². The molecule has 0 fully saturated rings. The Bertz CT molecular complexity index is 806. The predicted molar refractivity (Wildman–Crippen MR) is 82.6 cm³/mol. The minimum atomic E-state index is -4.05. The maximum atomic E-state index is 12.0. The highest BCUT2D eigenvalue weighted by atomic mass is 32.2. The second-order valence-corrected chi connectivity index (χ2v) is 6.62. The molecule has 2 rings (SSSR count). The monoisotopic (exact) mass is 335 g/mol. The van der Waals surface area contributed by atoms with Crippen molar-refractivity contribution >= 4 is 27.5 Å². The number of hydrogen-bond donors (Lipinski definition) is 1. The quantitative estimate of drug-likeness (QED) is 0.659. The molecule has 122 valence electrons. The van der Waals surface area contributed by atoms with Crippen LogP contribution in [0.1, 0.15) is 24.4 Å². The van der Waals surface area contributed by atoms with E-state index in [9.17, 15) is 18.3 Å². The van der Waals surface area contributed by atoms with Gasteiger partial charge in [0, 0.05) is 5.69 Å². The molecule has 23 heavy (non-hydrogen) atoms. The van der Waals surface area contributed by atoms with Gasteiger partial charge in [-0.1, -0.05) is 13.8 Å². The first-order valence-corrected chi connectivity index (χ1v) is 8.20. The highest BCUT2D eigenvalue weighted by molar-refractivity contribution is 7.90. The molecule has 8 heteroatoms. The summed E-state index contributed by atoms with van der Waals surface area (Å²) in [6, 6.07) is 8.43. The maximum Gasteiger partial charge on any atom is 0.291 e. The Morgan fingerprint density at radius 2 is 1.87 bits per heavy atom. The van der Waals surface area contributed by atoms with Gasteiger partial charge in [0.15, 0.2) is 5.76 Å². The van der Waals surface area contributed by atoms with E-state index < -0.39 is 27.7 Å². The van der Waals surface area contributed by atoms with E-state index in [0.29, 0.717) is 5.69 Å². The molecule has 0 aliphatic rings. The Kier molecular flexibility index (Phi) is 4.85. The van der Waals surface area contributed by atoms with Crippen LogP contribution in [0.25, 0.3) is 0 Å². The highest BCUT2D eigenvalue weighted by Crippen LogP contribution is 2.17. The summed E-state index contributed by atoms with van der Waals surface area (Å²) in [4.78, 5) is 11.7. The molecule has 0 spiro atoms. The van der Waals surface area contributed by atoms with Gasteiger partial charge < -0.3 is 14.8 Å². The zero-order valence-corrected chi connectivity index (χ0v) is 13.3. The smallest absolute Gasteiger partial charge is 0.291 e. The lowest BCUT2D eigenvalue weighted by Gasteiger charge is -2.13. The number of nitrogens with zero attached hydrogens (tertiary/aromatic N) is 1. The average Bonchev–Trinajstić information content (AvgIpc) is 3.01. The third-order valence-electron chi connectivity index (χ3n) is 2.86. The summed E-state index contributed by atoms with van der Waals surface area (Å²) in [7, 11) is -4.05. The Morgan fingerprint density at radius 1 is 1.22 bits per heavy atom. The van der Waals surface area contributed by atoms with Crippen LogP contribution in [-0.2, 0) is 10.0 Å². The highest BCUT2D eigenvalue weighted by Gasteiger charge is 2.14. The van der Waals surface area contributed by atoms with Crippen molar-refractivity contribution in [2.24, 2.45) is 10.3 Å². The molecule has 0 bridgehead atoms. The number of carbonyl (C=O) groups is 1. The van der Waals surface area contributed by atoms with Gasteiger partial charge in [-0.05, 0) is 48.2 Å². The molecule has 2 aromatic rings. The van der Waals surface area contributed by atoms with Crippen LogP contribution in [0.5, 0.6) is 0 Å². The van der Waals surface area contributed by atoms with Crippen molar-refractivity contribution in [1.82, 2.24) is 0 Å². The molecule has 0 aliphatic carbocycles. The van der Waals surface area contributed by atoms with Crippen LogP contribution >= 0.6 is 0 Å². The van der Waals surface area contributed by atoms with E-state index in [-0.39, 0.29) is 10.7 Å². The molecule has 1 aromatic carbocycles. The van der Waals surface area contributed by atoms with Gasteiger partial charge in [0.25, 0.3) is 15.9 Å². The largest absolute Gasteiger partial charge is 0.861 e. The van der Waals surface area contributed by atoms with E-state index in [1.54, 1.807) is 19.9 Å². The van der Waals surface area contributed by atoms with Gasteiger partial charge in [-0.2, -0.15) is 12.8 Å². The van der Waals surface area contributed by atoms with Crippen LogP contribution in [0, 0.1) is 5.92 Å². The van der Waals surface area contributed by atoms with E-state index in [4.69, 9.17) is 4.42 Å². The Hall–Kier alpha value is -2.61. The SMILES string of the molecule is CC(C)C([O-])=NS(=O)(=O)c1ccc(NC(=O)c2ccco2)cc1. The second-order valence-electron chi connectivity index (χ2n) is 5.02. The van der Waals surface area contributed by atoms with Gasteiger partial charge >= 0.3 is 0 Å². The van der Waals surface area contributed by atoms with Crippen molar-refractivity contribution in [3.05, 3.63) is 48.4 Å². The Labute approximate surface area is 133 Å². The molecule has 0 unspecified atom stereocenters. The predicted octanol–water partition coefficient (Wildman–Crippen LogP) is 1.64. The number of furan rings is 1. The maximum absolute atomic E-state index is 12.0. The zero-order valence-electron chi connectivity index (χ0n) is 12.5. The molecule has 1 amide bonds. The molecule has 1 aromatic heterocycles. The number of sulfonamides is 1. The number of hydrogen-bond acceptors (Lipinski definition) is 5. The molecule has 1 N–H and O–H groups in total. The summed E-state index contributed by atoms with van der Waals surface area (Å²) in [5, 5.41) is 14.0. The third kappa shape index (κ3) is 4.19. The first-order valence-electron chi connectivity index (χ1n) is 6.76. The number of amides is 1. The van der Waals surface area contributed by atoms with E-state index in [1.807, 2.05) is 0 Å². The molecule has 1 heterocycles. The van der Waals surface area contributed by atoms with Gasteiger partial charge in [-0.25, -0.2) is 0 Å². The van der Waals surface area contributed by atoms with Gasteiger partial charge in [0.2, 0.25) is 0 Å². The van der Waals surface area contributed by atoms with Crippen molar-refractivity contribution in [1.29, 1.82) is 0 Å². The van der Waals surface area contributed by atoms with Crippen molar-refractivity contribution < 1.29 is 22.7 Å². The fraction of sp³-hybridized carbons (Fsp3) is 0.200. The number of rotatable bonds is 5. The molecule has 7 nitrogen and oxygen atoms in total. The number of nitrogens with one attached hydrogen (secondary N) is 1. The summed E-state index contributed by atoms with van der Waals surface area (Å²) >= 11 is 0. The summed E-state index contributed by atoms with van der Waals surface area (Å²) in [6.45, 7) is 3.13. The van der Waals surface area contributed by atoms with Crippen LogP contribution in [0.3, 0.4) is 0 Å². The zero-order chi connectivity index (χ0) is 17.0. The van der Waals surface area contributed by atoms with Crippen molar-refractivity contribution in [2.75, 3.05) is 5.32 Å². The van der Waals surface area contributed by atoms with Gasteiger partial charge in [0.1, 0.15) is 0 Å². The molecule has 0 atom stereocenters. The van der Waals surface area contributed by atoms with Crippen LogP contribution in [0.15, 0.2) is 56.4 Å². The van der Waals surface area contributed by atoms with Crippen molar-refractivity contribution in [3.8, 4) is 0 Å². The summed E-state index contributed by atoms with van der Waals surface area (Å²) in [5.74, 6) is -1.53. The molecular formula is C15H15N2O5S-. The Balaban J connectivity index is 2.16. The van der Waals surface area contributed by atoms with E-state index >= 15 is 0 Å².